The highest BCUT2D eigenvalue weighted by Crippen LogP contribution is 2.18. The van der Waals surface area contributed by atoms with Gasteiger partial charge in [-0.15, -0.1) is 0 Å². The van der Waals surface area contributed by atoms with Gasteiger partial charge in [0.15, 0.2) is 0 Å². The van der Waals surface area contributed by atoms with E-state index in [2.05, 4.69) is 23.8 Å². The Balaban J connectivity index is 2.00. The number of rotatable bonds is 5. The summed E-state index contributed by atoms with van der Waals surface area (Å²) in [6.45, 7) is 6.98. The van der Waals surface area contributed by atoms with Crippen LogP contribution < -0.4 is 10.6 Å². The zero-order valence-corrected chi connectivity index (χ0v) is 13.1. The van der Waals surface area contributed by atoms with Gasteiger partial charge in [0.1, 0.15) is 0 Å². The molecule has 1 aliphatic rings. The lowest BCUT2D eigenvalue weighted by molar-refractivity contribution is -0.131. The summed E-state index contributed by atoms with van der Waals surface area (Å²) in [6.07, 6.45) is 1.00. The zero-order chi connectivity index (χ0) is 15.2. The molecule has 0 saturated carbocycles. The molecule has 0 bridgehead atoms. The molecule has 1 aromatic rings. The lowest BCUT2D eigenvalue weighted by Crippen LogP contribution is -2.50. The van der Waals surface area contributed by atoms with Gasteiger partial charge in [-0.05, 0) is 31.7 Å². The number of piperazine rings is 1. The van der Waals surface area contributed by atoms with Crippen molar-refractivity contribution in [2.24, 2.45) is 0 Å². The Morgan fingerprint density at radius 3 is 2.62 bits per heavy atom. The molecule has 21 heavy (non-hydrogen) atoms. The minimum atomic E-state index is 0.207. The first kappa shape index (κ1) is 15.6. The van der Waals surface area contributed by atoms with Gasteiger partial charge in [-0.2, -0.15) is 0 Å². The van der Waals surface area contributed by atoms with E-state index in [-0.39, 0.29) is 5.91 Å². The Hall–Kier alpha value is -1.75. The van der Waals surface area contributed by atoms with Crippen molar-refractivity contribution in [2.45, 2.75) is 13.3 Å². The van der Waals surface area contributed by atoms with Crippen LogP contribution in [0.5, 0.6) is 0 Å². The fraction of sp³-hybridized carbons (Fsp3) is 0.562. The van der Waals surface area contributed by atoms with Crippen molar-refractivity contribution in [1.29, 1.82) is 0 Å². The van der Waals surface area contributed by atoms with E-state index >= 15 is 0 Å². The monoisotopic (exact) mass is 290 g/mol. The summed E-state index contributed by atoms with van der Waals surface area (Å²) in [6, 6.07) is 7.76. The Morgan fingerprint density at radius 2 is 2.00 bits per heavy atom. The second kappa shape index (κ2) is 7.31. The predicted octanol–water partition coefficient (Wildman–Crippen LogP) is 1.26. The van der Waals surface area contributed by atoms with Crippen molar-refractivity contribution >= 4 is 17.3 Å². The van der Waals surface area contributed by atoms with Crippen LogP contribution >= 0.6 is 0 Å². The minimum Gasteiger partial charge on any atom is -0.399 e. The molecule has 0 radical (unpaired) electrons. The van der Waals surface area contributed by atoms with Gasteiger partial charge in [0.25, 0.3) is 0 Å². The van der Waals surface area contributed by atoms with Crippen LogP contribution in [0.3, 0.4) is 0 Å². The highest BCUT2D eigenvalue weighted by atomic mass is 16.2. The molecule has 1 saturated heterocycles. The molecule has 0 spiro atoms. The van der Waals surface area contributed by atoms with Gasteiger partial charge in [-0.25, -0.2) is 0 Å². The second-order valence-corrected chi connectivity index (χ2v) is 5.70. The van der Waals surface area contributed by atoms with Gasteiger partial charge in [0.05, 0.1) is 6.54 Å². The van der Waals surface area contributed by atoms with Gasteiger partial charge in [0, 0.05) is 44.1 Å². The lowest BCUT2D eigenvalue weighted by Gasteiger charge is -2.34. The molecule has 1 amide bonds. The van der Waals surface area contributed by atoms with Gasteiger partial charge in [-0.1, -0.05) is 13.0 Å². The van der Waals surface area contributed by atoms with Crippen LogP contribution in [0.1, 0.15) is 13.3 Å². The molecule has 1 fully saturated rings. The van der Waals surface area contributed by atoms with Crippen molar-refractivity contribution in [3.63, 3.8) is 0 Å². The van der Waals surface area contributed by atoms with Crippen LogP contribution in [-0.4, -0.2) is 62.0 Å². The van der Waals surface area contributed by atoms with E-state index in [1.165, 1.54) is 0 Å². The number of carbonyl (C=O) groups excluding carboxylic acids is 1. The number of likely N-dealkylation sites (N-methyl/N-ethyl adjacent to an activating group) is 1. The first-order valence-electron chi connectivity index (χ1n) is 7.67. The maximum atomic E-state index is 12.5. The normalized spacial score (nSPS) is 16.0. The van der Waals surface area contributed by atoms with Crippen LogP contribution in [0.25, 0.3) is 0 Å². The fourth-order valence-corrected chi connectivity index (χ4v) is 2.61. The van der Waals surface area contributed by atoms with Gasteiger partial charge in [-0.3, -0.25) is 4.79 Å². The molecule has 5 heteroatoms. The molecule has 116 valence electrons. The van der Waals surface area contributed by atoms with E-state index in [0.29, 0.717) is 6.54 Å². The Kier molecular flexibility index (Phi) is 5.44. The molecule has 1 aromatic carbocycles. The Labute approximate surface area is 127 Å². The van der Waals surface area contributed by atoms with E-state index in [4.69, 9.17) is 5.73 Å². The van der Waals surface area contributed by atoms with E-state index in [0.717, 1.165) is 50.5 Å². The molecule has 2 rings (SSSR count). The Bertz CT molecular complexity index is 469. The maximum absolute atomic E-state index is 12.5. The Morgan fingerprint density at radius 1 is 1.29 bits per heavy atom. The number of nitrogens with zero attached hydrogens (tertiary/aromatic N) is 3. The van der Waals surface area contributed by atoms with Crippen LogP contribution in [0.2, 0.25) is 0 Å². The first-order chi connectivity index (χ1) is 10.1. The lowest BCUT2D eigenvalue weighted by atomic mass is 10.2. The van der Waals surface area contributed by atoms with Gasteiger partial charge >= 0.3 is 0 Å². The fourth-order valence-electron chi connectivity index (χ4n) is 2.61. The topological polar surface area (TPSA) is 52.8 Å². The molecule has 0 unspecified atom stereocenters. The number of nitrogens with two attached hydrogens (primary N) is 1. The molecule has 0 atom stereocenters. The highest BCUT2D eigenvalue weighted by molar-refractivity contribution is 5.81. The van der Waals surface area contributed by atoms with Crippen LogP contribution in [0, 0.1) is 0 Å². The molecule has 1 heterocycles. The SMILES string of the molecule is CCCN(CC(=O)N1CCN(C)CC1)c1cccc(N)c1. The number of anilines is 2. The first-order valence-corrected chi connectivity index (χ1v) is 7.67. The summed E-state index contributed by atoms with van der Waals surface area (Å²) in [5.74, 6) is 0.207. The van der Waals surface area contributed by atoms with Crippen molar-refractivity contribution in [2.75, 3.05) is 56.9 Å². The van der Waals surface area contributed by atoms with Crippen LogP contribution in [0.15, 0.2) is 24.3 Å². The van der Waals surface area contributed by atoms with Crippen molar-refractivity contribution < 1.29 is 4.79 Å². The number of hydrogen-bond donors (Lipinski definition) is 1. The number of hydrogen-bond acceptors (Lipinski definition) is 4. The van der Waals surface area contributed by atoms with Crippen molar-refractivity contribution in [3.8, 4) is 0 Å². The summed E-state index contributed by atoms with van der Waals surface area (Å²) in [5, 5.41) is 0. The second-order valence-electron chi connectivity index (χ2n) is 5.70. The summed E-state index contributed by atoms with van der Waals surface area (Å²) >= 11 is 0. The van der Waals surface area contributed by atoms with E-state index in [1.54, 1.807) is 0 Å². The zero-order valence-electron chi connectivity index (χ0n) is 13.1. The maximum Gasteiger partial charge on any atom is 0.242 e. The van der Waals surface area contributed by atoms with Crippen molar-refractivity contribution in [1.82, 2.24) is 9.80 Å². The number of amides is 1. The smallest absolute Gasteiger partial charge is 0.242 e. The third-order valence-corrected chi connectivity index (χ3v) is 3.91. The number of nitrogen functional groups attached to an aromatic ring is 1. The number of carbonyl (C=O) groups is 1. The average Bonchev–Trinajstić information content (AvgIpc) is 2.47. The standard InChI is InChI=1S/C16H26N4O/c1-3-7-20(15-6-4-5-14(17)12-15)13-16(21)19-10-8-18(2)9-11-19/h4-6,12H,3,7-11,13,17H2,1-2H3. The van der Waals surface area contributed by atoms with E-state index in [9.17, 15) is 4.79 Å². The summed E-state index contributed by atoms with van der Waals surface area (Å²) < 4.78 is 0. The third-order valence-electron chi connectivity index (χ3n) is 3.91. The molecule has 5 nitrogen and oxygen atoms in total. The molecule has 1 aliphatic heterocycles. The molecular weight excluding hydrogens is 264 g/mol. The van der Waals surface area contributed by atoms with Crippen molar-refractivity contribution in [3.05, 3.63) is 24.3 Å². The van der Waals surface area contributed by atoms with Gasteiger partial charge in [0.2, 0.25) is 5.91 Å². The summed E-state index contributed by atoms with van der Waals surface area (Å²) in [5.41, 5.74) is 7.62. The quantitative estimate of drug-likeness (QED) is 0.830. The summed E-state index contributed by atoms with van der Waals surface area (Å²) in [7, 11) is 2.10. The molecule has 0 aromatic heterocycles. The summed E-state index contributed by atoms with van der Waals surface area (Å²) in [4.78, 5) is 18.8. The average molecular weight is 290 g/mol. The van der Waals surface area contributed by atoms with Crippen LogP contribution in [0.4, 0.5) is 11.4 Å². The molecule has 0 aliphatic carbocycles. The molecular formula is C16H26N4O. The van der Waals surface area contributed by atoms with Crippen LogP contribution in [-0.2, 0) is 4.79 Å². The largest absolute Gasteiger partial charge is 0.399 e. The number of benzene rings is 1. The van der Waals surface area contributed by atoms with E-state index in [1.807, 2.05) is 29.2 Å². The van der Waals surface area contributed by atoms with E-state index < -0.39 is 0 Å². The van der Waals surface area contributed by atoms with Gasteiger partial charge < -0.3 is 20.4 Å². The third kappa shape index (κ3) is 4.36. The highest BCUT2D eigenvalue weighted by Gasteiger charge is 2.21. The molecule has 2 N–H and O–H groups in total. The predicted molar refractivity (Wildman–Crippen MR) is 87.4 cm³/mol. The minimum absolute atomic E-state index is 0.207.